The fourth-order valence-electron chi connectivity index (χ4n) is 1.74. The van der Waals surface area contributed by atoms with E-state index in [4.69, 9.17) is 5.73 Å². The maximum absolute atomic E-state index is 14.4. The van der Waals surface area contributed by atoms with Crippen molar-refractivity contribution in [3.8, 4) is 0 Å². The van der Waals surface area contributed by atoms with Crippen LogP contribution in [0.25, 0.3) is 0 Å². The zero-order valence-corrected chi connectivity index (χ0v) is 9.39. The van der Waals surface area contributed by atoms with E-state index in [0.717, 1.165) is 18.5 Å². The Hall–Kier alpha value is -1.17. The topological polar surface area (TPSA) is 38.9 Å². The Labute approximate surface area is 96.8 Å². The summed E-state index contributed by atoms with van der Waals surface area (Å²) in [7, 11) is 0. The maximum atomic E-state index is 14.4. The van der Waals surface area contributed by atoms with Crippen LogP contribution in [0.5, 0.6) is 0 Å². The second kappa shape index (κ2) is 5.00. The van der Waals surface area contributed by atoms with Gasteiger partial charge in [-0.15, -0.1) is 0 Å². The summed E-state index contributed by atoms with van der Waals surface area (Å²) in [5.41, 5.74) is 1.61. The lowest BCUT2D eigenvalue weighted by molar-refractivity contribution is -0.139. The van der Waals surface area contributed by atoms with Gasteiger partial charge < -0.3 is 5.73 Å². The van der Waals surface area contributed by atoms with Gasteiger partial charge in [-0.05, 0) is 12.5 Å². The van der Waals surface area contributed by atoms with Crippen LogP contribution in [0, 0.1) is 0 Å². The summed E-state index contributed by atoms with van der Waals surface area (Å²) in [6, 6.07) is 0.773. The molecule has 0 aliphatic carbocycles. The van der Waals surface area contributed by atoms with Gasteiger partial charge in [-0.2, -0.15) is 13.2 Å². The van der Waals surface area contributed by atoms with Crippen molar-refractivity contribution in [2.75, 3.05) is 6.54 Å². The van der Waals surface area contributed by atoms with E-state index in [1.807, 2.05) is 0 Å². The number of aromatic nitrogens is 1. The number of hydrogen-bond acceptors (Lipinski definition) is 2. The number of alkyl halides is 4. The third kappa shape index (κ3) is 2.94. The quantitative estimate of drug-likeness (QED) is 0.834. The van der Waals surface area contributed by atoms with Crippen LogP contribution in [0.15, 0.2) is 18.5 Å². The Morgan fingerprint density at radius 1 is 1.24 bits per heavy atom. The van der Waals surface area contributed by atoms with Crippen molar-refractivity contribution in [3.63, 3.8) is 0 Å². The largest absolute Gasteiger partial charge is 0.416 e. The van der Waals surface area contributed by atoms with Crippen molar-refractivity contribution < 1.29 is 17.6 Å². The average Bonchev–Trinajstić information content (AvgIpc) is 2.28. The first-order valence-corrected chi connectivity index (χ1v) is 5.26. The molecule has 6 heteroatoms. The zero-order chi connectivity index (χ0) is 13.1. The minimum Gasteiger partial charge on any atom is -0.327 e. The van der Waals surface area contributed by atoms with E-state index in [0.29, 0.717) is 6.42 Å². The fourth-order valence-corrected chi connectivity index (χ4v) is 1.74. The average molecular weight is 250 g/mol. The van der Waals surface area contributed by atoms with Gasteiger partial charge in [0.2, 0.25) is 0 Å². The van der Waals surface area contributed by atoms with Gasteiger partial charge in [-0.25, -0.2) is 4.39 Å². The Kier molecular flexibility index (Phi) is 4.08. The van der Waals surface area contributed by atoms with Crippen LogP contribution in [0.4, 0.5) is 17.6 Å². The van der Waals surface area contributed by atoms with Gasteiger partial charge in [-0.3, -0.25) is 4.98 Å². The van der Waals surface area contributed by atoms with Crippen molar-refractivity contribution in [2.24, 2.45) is 5.73 Å². The SMILES string of the molecule is CCCC(F)(CN)c1cnccc1C(F)(F)F. The molecule has 1 unspecified atom stereocenters. The van der Waals surface area contributed by atoms with Crippen LogP contribution in [0.3, 0.4) is 0 Å². The molecule has 0 saturated carbocycles. The number of hydrogen-bond donors (Lipinski definition) is 1. The van der Waals surface area contributed by atoms with Gasteiger partial charge in [0.15, 0.2) is 0 Å². The minimum atomic E-state index is -4.60. The third-order valence-electron chi connectivity index (χ3n) is 2.58. The van der Waals surface area contributed by atoms with Gasteiger partial charge in [0.25, 0.3) is 0 Å². The van der Waals surface area contributed by atoms with Crippen molar-refractivity contribution in [1.82, 2.24) is 4.98 Å². The molecular weight excluding hydrogens is 236 g/mol. The summed E-state index contributed by atoms with van der Waals surface area (Å²) in [5.74, 6) is 0. The first kappa shape index (κ1) is 13.9. The minimum absolute atomic E-state index is 0.0573. The molecule has 96 valence electrons. The van der Waals surface area contributed by atoms with E-state index in [-0.39, 0.29) is 6.42 Å². The summed E-state index contributed by atoms with van der Waals surface area (Å²) in [6.45, 7) is 1.20. The molecule has 0 bridgehead atoms. The highest BCUT2D eigenvalue weighted by Crippen LogP contribution is 2.39. The van der Waals surface area contributed by atoms with Crippen molar-refractivity contribution >= 4 is 0 Å². The van der Waals surface area contributed by atoms with Crippen LogP contribution in [-0.4, -0.2) is 11.5 Å². The van der Waals surface area contributed by atoms with Crippen LogP contribution in [-0.2, 0) is 11.8 Å². The molecule has 1 aromatic rings. The van der Waals surface area contributed by atoms with Gasteiger partial charge >= 0.3 is 6.18 Å². The maximum Gasteiger partial charge on any atom is 0.416 e. The highest BCUT2D eigenvalue weighted by atomic mass is 19.4. The normalized spacial score (nSPS) is 15.6. The van der Waals surface area contributed by atoms with E-state index < -0.39 is 29.5 Å². The van der Waals surface area contributed by atoms with Gasteiger partial charge in [-0.1, -0.05) is 13.3 Å². The Balaban J connectivity index is 3.29. The number of rotatable bonds is 4. The molecule has 1 atom stereocenters. The molecule has 1 heterocycles. The van der Waals surface area contributed by atoms with E-state index in [1.165, 1.54) is 0 Å². The third-order valence-corrected chi connectivity index (χ3v) is 2.58. The summed E-state index contributed by atoms with van der Waals surface area (Å²) < 4.78 is 52.5. The van der Waals surface area contributed by atoms with Crippen LogP contribution in [0.1, 0.15) is 30.9 Å². The lowest BCUT2D eigenvalue weighted by atomic mass is 9.89. The molecule has 0 spiro atoms. The predicted molar refractivity (Wildman–Crippen MR) is 56.0 cm³/mol. The second-order valence-electron chi connectivity index (χ2n) is 3.84. The molecule has 0 radical (unpaired) electrons. The number of nitrogens with two attached hydrogens (primary N) is 1. The number of halogens is 4. The first-order chi connectivity index (χ1) is 7.85. The van der Waals surface area contributed by atoms with E-state index in [1.54, 1.807) is 6.92 Å². The molecule has 0 aliphatic heterocycles. The molecule has 0 fully saturated rings. The molecule has 0 aliphatic rings. The molecule has 1 rings (SSSR count). The molecule has 2 nitrogen and oxygen atoms in total. The van der Waals surface area contributed by atoms with E-state index >= 15 is 0 Å². The number of pyridine rings is 1. The summed E-state index contributed by atoms with van der Waals surface area (Å²) in [4.78, 5) is 3.56. The molecule has 2 N–H and O–H groups in total. The van der Waals surface area contributed by atoms with Gasteiger partial charge in [0, 0.05) is 24.5 Å². The van der Waals surface area contributed by atoms with Crippen molar-refractivity contribution in [1.29, 1.82) is 0 Å². The Morgan fingerprint density at radius 3 is 2.35 bits per heavy atom. The lowest BCUT2D eigenvalue weighted by Gasteiger charge is -2.26. The molecule has 0 amide bonds. The molecular formula is C11H14F4N2. The number of nitrogens with zero attached hydrogens (tertiary/aromatic N) is 1. The Morgan fingerprint density at radius 2 is 1.88 bits per heavy atom. The van der Waals surface area contributed by atoms with Crippen molar-refractivity contribution in [3.05, 3.63) is 29.6 Å². The van der Waals surface area contributed by atoms with Crippen molar-refractivity contribution in [2.45, 2.75) is 31.6 Å². The lowest BCUT2D eigenvalue weighted by Crippen LogP contribution is -2.33. The zero-order valence-electron chi connectivity index (χ0n) is 9.39. The smallest absolute Gasteiger partial charge is 0.327 e. The monoisotopic (exact) mass is 250 g/mol. The Bertz CT molecular complexity index is 378. The summed E-state index contributed by atoms with van der Waals surface area (Å²) in [5, 5.41) is 0. The predicted octanol–water partition coefficient (Wildman–Crippen LogP) is 3.02. The van der Waals surface area contributed by atoms with Crippen LogP contribution in [0.2, 0.25) is 0 Å². The van der Waals surface area contributed by atoms with Crippen LogP contribution < -0.4 is 5.73 Å². The van der Waals surface area contributed by atoms with Gasteiger partial charge in [0.05, 0.1) is 5.56 Å². The van der Waals surface area contributed by atoms with Crippen LogP contribution >= 0.6 is 0 Å². The highest BCUT2D eigenvalue weighted by Gasteiger charge is 2.41. The second-order valence-corrected chi connectivity index (χ2v) is 3.84. The fraction of sp³-hybridized carbons (Fsp3) is 0.545. The van der Waals surface area contributed by atoms with E-state index in [2.05, 4.69) is 4.98 Å². The molecule has 0 saturated heterocycles. The standard InChI is InChI=1S/C11H14F4N2/c1-2-4-10(12,7-16)9-6-17-5-3-8(9)11(13,14)15/h3,5-6H,2,4,7,16H2,1H3. The molecule has 1 aromatic heterocycles. The van der Waals surface area contributed by atoms with Gasteiger partial charge in [0.1, 0.15) is 5.67 Å². The highest BCUT2D eigenvalue weighted by molar-refractivity contribution is 5.32. The molecule has 17 heavy (non-hydrogen) atoms. The summed E-state index contributed by atoms with van der Waals surface area (Å²) >= 11 is 0. The van der Waals surface area contributed by atoms with E-state index in [9.17, 15) is 17.6 Å². The first-order valence-electron chi connectivity index (χ1n) is 5.26. The summed E-state index contributed by atoms with van der Waals surface area (Å²) in [6.07, 6.45) is -2.35. The molecule has 0 aromatic carbocycles.